The van der Waals surface area contributed by atoms with Gasteiger partial charge in [-0.15, -0.1) is 21.5 Å². The van der Waals surface area contributed by atoms with Crippen LogP contribution in [0.2, 0.25) is 5.02 Å². The summed E-state index contributed by atoms with van der Waals surface area (Å²) in [6.45, 7) is 10.7. The molecule has 670 valence electrons. The molecule has 9 amide bonds. The van der Waals surface area contributed by atoms with Gasteiger partial charge in [0.2, 0.25) is 35.3 Å². The van der Waals surface area contributed by atoms with Crippen LogP contribution in [0.4, 0.5) is 23.0 Å². The zero-order valence-corrected chi connectivity index (χ0v) is 72.6. The smallest absolute Gasteiger partial charge is 0.291 e. The van der Waals surface area contributed by atoms with E-state index < -0.39 is 66.2 Å². The number of rotatable bonds is 47. The predicted molar refractivity (Wildman–Crippen MR) is 461 cm³/mol. The lowest BCUT2D eigenvalue weighted by molar-refractivity contribution is -0.132. The van der Waals surface area contributed by atoms with Gasteiger partial charge in [-0.1, -0.05) is 35.6 Å². The van der Waals surface area contributed by atoms with Crippen molar-refractivity contribution in [3.05, 3.63) is 141 Å². The fraction of sp³-hybridized carbons (Fsp3) is 0.482. The van der Waals surface area contributed by atoms with Gasteiger partial charge < -0.3 is 114 Å². The third kappa shape index (κ3) is 28.6. The molecule has 0 spiro atoms. The van der Waals surface area contributed by atoms with Gasteiger partial charge in [0.05, 0.1) is 122 Å². The minimum atomic E-state index is -1.05. The molecule has 3 atom stereocenters. The zero-order valence-electron chi connectivity index (χ0n) is 71.0. The van der Waals surface area contributed by atoms with Crippen molar-refractivity contribution in [2.24, 2.45) is 46.1 Å². The number of carbonyl (C=O) groups is 9. The van der Waals surface area contributed by atoms with E-state index in [4.69, 9.17) is 50.1 Å². The topological polar surface area (TPSA) is 479 Å². The van der Waals surface area contributed by atoms with Crippen molar-refractivity contribution >= 4 is 105 Å². The van der Waals surface area contributed by atoms with Gasteiger partial charge >= 0.3 is 0 Å². The summed E-state index contributed by atoms with van der Waals surface area (Å²) >= 11 is 7.96. The van der Waals surface area contributed by atoms with E-state index in [0.29, 0.717) is 102 Å². The van der Waals surface area contributed by atoms with Gasteiger partial charge in [0.1, 0.15) is 34.4 Å². The lowest BCUT2D eigenvalue weighted by Crippen LogP contribution is -2.38. The first-order valence-electron chi connectivity index (χ1n) is 40.7. The summed E-state index contributed by atoms with van der Waals surface area (Å²) in [6, 6.07) is 9.96. The van der Waals surface area contributed by atoms with Crippen LogP contribution in [0, 0.1) is 50.4 Å². The van der Waals surface area contributed by atoms with Gasteiger partial charge in [-0.25, -0.2) is 15.0 Å². The molecule has 40 nitrogen and oxygen atoms in total. The number of anilines is 4. The summed E-state index contributed by atoms with van der Waals surface area (Å²) < 4.78 is 43.0. The highest BCUT2D eigenvalue weighted by atomic mass is 35.5. The molecule has 2 aliphatic rings. The fourth-order valence-electron chi connectivity index (χ4n) is 13.2. The number of aromatic nitrogens is 11. The van der Waals surface area contributed by atoms with Crippen LogP contribution in [0.5, 0.6) is 0 Å². The van der Waals surface area contributed by atoms with Crippen LogP contribution in [0.3, 0.4) is 0 Å². The second-order valence-electron chi connectivity index (χ2n) is 29.5. The van der Waals surface area contributed by atoms with Crippen LogP contribution in [0.25, 0.3) is 5.00 Å². The third-order valence-electron chi connectivity index (χ3n) is 19.8. The number of piperidine rings is 1. The number of aliphatic hydroxyl groups excluding tert-OH is 3. The molecule has 1 saturated heterocycles. The second kappa shape index (κ2) is 47.9. The van der Waals surface area contributed by atoms with E-state index in [0.717, 1.165) is 38.1 Å². The maximum Gasteiger partial charge on any atom is 0.291 e. The number of nitrogens with one attached hydrogen (secondary N) is 8. The number of carbonyl (C=O) groups excluding carboxylic acids is 9. The summed E-state index contributed by atoms with van der Waals surface area (Å²) in [5.41, 5.74) is 4.85. The van der Waals surface area contributed by atoms with E-state index in [1.165, 1.54) is 55.2 Å². The van der Waals surface area contributed by atoms with E-state index in [2.05, 4.69) is 105 Å². The Balaban J connectivity index is 0.520. The molecule has 9 heterocycles. The molecule has 1 aromatic carbocycles. The highest BCUT2D eigenvalue weighted by Crippen LogP contribution is 2.40. The fourth-order valence-corrected chi connectivity index (χ4v) is 14.6. The number of imidazole rings is 3. The molecule has 42 heteroatoms. The van der Waals surface area contributed by atoms with Gasteiger partial charge in [-0.3, -0.25) is 57.6 Å². The lowest BCUT2D eigenvalue weighted by Gasteiger charge is -2.30. The Bertz CT molecular complexity index is 5210. The first kappa shape index (κ1) is 95.4. The molecular weight excluding hydrogens is 1660 g/mol. The van der Waals surface area contributed by atoms with Crippen molar-refractivity contribution in [3.8, 4) is 28.7 Å². The number of benzene rings is 1. The van der Waals surface area contributed by atoms with Crippen molar-refractivity contribution in [1.29, 1.82) is 0 Å². The highest BCUT2D eigenvalue weighted by molar-refractivity contribution is 7.15. The number of hydrogen-bond donors (Lipinski definition) is 11. The van der Waals surface area contributed by atoms with E-state index >= 15 is 0 Å². The van der Waals surface area contributed by atoms with Crippen molar-refractivity contribution < 1.29 is 86.9 Å². The van der Waals surface area contributed by atoms with E-state index in [1.807, 2.05) is 45.6 Å². The Morgan fingerprint density at radius 3 is 1.70 bits per heavy atom. The summed E-state index contributed by atoms with van der Waals surface area (Å²) in [5, 5.41) is 61.5. The molecule has 10 rings (SSSR count). The molecule has 2 unspecified atom stereocenters. The van der Waals surface area contributed by atoms with Crippen molar-refractivity contribution in [2.75, 3.05) is 166 Å². The van der Waals surface area contributed by atoms with E-state index in [-0.39, 0.29) is 155 Å². The number of halogens is 1. The van der Waals surface area contributed by atoms with Gasteiger partial charge in [0, 0.05) is 171 Å². The Labute approximate surface area is 730 Å². The monoisotopic (exact) mass is 1770 g/mol. The normalized spacial score (nSPS) is 13.6. The summed E-state index contributed by atoms with van der Waals surface area (Å²) in [7, 11) is 8.02. The summed E-state index contributed by atoms with van der Waals surface area (Å²) in [6.07, 6.45) is 8.32. The maximum absolute atomic E-state index is 14.1. The molecule has 7 aromatic heterocycles. The third-order valence-corrected chi connectivity index (χ3v) is 21.3. The quantitative estimate of drug-likeness (QED) is 0.0193. The maximum atomic E-state index is 14.1. The van der Waals surface area contributed by atoms with Crippen LogP contribution in [0.1, 0.15) is 131 Å². The molecule has 0 bridgehead atoms. The van der Waals surface area contributed by atoms with Gasteiger partial charge in [0.25, 0.3) is 29.5 Å². The molecule has 0 saturated carbocycles. The zero-order chi connectivity index (χ0) is 89.5. The van der Waals surface area contributed by atoms with Crippen molar-refractivity contribution in [1.82, 2.24) is 83.6 Å². The number of aliphatic hydroxyl groups is 3. The first-order valence-corrected chi connectivity index (χ1v) is 41.9. The number of thiophene rings is 1. The average Bonchev–Trinajstić information content (AvgIpc) is 1.59. The second-order valence-corrected chi connectivity index (χ2v) is 31.1. The Morgan fingerprint density at radius 2 is 1.13 bits per heavy atom. The molecule has 11 N–H and O–H groups in total. The Morgan fingerprint density at radius 1 is 0.592 bits per heavy atom. The van der Waals surface area contributed by atoms with Crippen molar-refractivity contribution in [3.63, 3.8) is 0 Å². The number of amides is 9. The van der Waals surface area contributed by atoms with Gasteiger partial charge in [-0.2, -0.15) is 0 Å². The predicted octanol–water partition coefficient (Wildman–Crippen LogP) is 2.39. The largest absolute Gasteiger partial charge is 0.394 e. The molecule has 0 aliphatic carbocycles. The minimum absolute atomic E-state index is 0.00264. The minimum Gasteiger partial charge on any atom is -0.394 e. The number of likely N-dealkylation sites (tertiary alicyclic amines) is 1. The van der Waals surface area contributed by atoms with Crippen LogP contribution in [0.15, 0.2) is 78.6 Å². The summed E-state index contributed by atoms with van der Waals surface area (Å²) in [4.78, 5) is 140. The Hall–Kier alpha value is -11.8. The average molecular weight is 1770 g/mol. The van der Waals surface area contributed by atoms with Crippen LogP contribution in [-0.4, -0.2) is 294 Å². The Kier molecular flexibility index (Phi) is 36.5. The van der Waals surface area contributed by atoms with Crippen LogP contribution >= 0.6 is 22.9 Å². The highest BCUT2D eigenvalue weighted by Gasteiger charge is 2.35. The molecular formula is C83H107ClN22O18S. The number of aliphatic imine (C=N–C) groups is 1. The van der Waals surface area contributed by atoms with Gasteiger partial charge in [0.15, 0.2) is 23.3 Å². The van der Waals surface area contributed by atoms with Crippen molar-refractivity contribution in [2.45, 2.75) is 77.5 Å². The first-order chi connectivity index (χ1) is 60.2. The number of fused-ring (bicyclic) bond motifs is 3. The molecule has 1 fully saturated rings. The number of hydrogen-bond acceptors (Lipinski definition) is 26. The number of nitrogens with zero attached hydrogens (tertiary/aromatic N) is 14. The summed E-state index contributed by atoms with van der Waals surface area (Å²) in [5.74, 6) is 9.99. The van der Waals surface area contributed by atoms with Crippen LogP contribution in [-0.2, 0) is 82.8 Å². The standard InChI is InChI=1S/C83H107ClN22O18S/c1-53-54(2)125-83-72(53)73(57-13-15-58(84)16-14-57)92-63(74-98-97-55(3)106(74)83)44-71(113)105-28-20-56(21-29-105)12-10-9-11-27-104(47-61(108)51-124-52-62(109)50-107)31-33-120-35-37-122-39-41-123-40-38-121-36-34-119-32-26-85-68(110)17-22-89-80(116)76-95-66(48-102(76)7)93-69(111)18-23-88-79(115)65-43-60(46-101(65)6)91-82(118)77-96-67(49-103(77)8)94-70(112)19-24-87-78(114)64-42-59(45-100(64)5)90-81(117)75-86-25-30-99(75)4/h13-16,25,30,42-43,45-46,48-49,56,61-63,107-109H,17-24,26-29,31-41,44,47,50-52H2,1-8H3,(H,85,110)(H,87,114)(H,88,115)(H,89,116)(H,90,117)(H,91,118)(H,93,111)(H,94,112)/t61?,62?,63-/m0/s1. The molecule has 8 aromatic rings. The molecule has 125 heavy (non-hydrogen) atoms. The van der Waals surface area contributed by atoms with Gasteiger partial charge in [-0.05, 0) is 75.3 Å². The lowest BCUT2D eigenvalue weighted by atomic mass is 9.97. The molecule has 0 radical (unpaired) electrons. The van der Waals surface area contributed by atoms with E-state index in [9.17, 15) is 53.4 Å². The van der Waals surface area contributed by atoms with E-state index in [1.54, 1.807) is 63.5 Å². The SMILES string of the molecule is Cc1sc2c(c1C)C(c1ccc(Cl)cc1)=N[C@@H](CC(=O)N1CCC(C#CC#CCN(CCOCCOCCOCCOCCOCCNC(=O)CCNC(=O)c3nc(NC(=O)CCNC(=O)c4cc(NC(=O)c5nc(NC(=O)CCNC(=O)c6cc(NC(=O)c7nccn7C)cn6C)cn5C)cn4C)cn3C)CC(O)COCC(O)CO)CC1)c1nnc(C)n1-2. The van der Waals surface area contributed by atoms with Crippen LogP contribution < -0.4 is 42.5 Å². The number of aryl methyl sites for hydroxylation is 7. The molecule has 2 aliphatic heterocycles. The number of ether oxygens (including phenoxy) is 6.